The van der Waals surface area contributed by atoms with E-state index in [-0.39, 0.29) is 6.10 Å². The maximum Gasteiger partial charge on any atom is 0.0916 e. The second kappa shape index (κ2) is 5.13. The normalized spacial score (nSPS) is 13.6. The number of hydrogen-bond donors (Lipinski definition) is 1. The van der Waals surface area contributed by atoms with Gasteiger partial charge in [-0.05, 0) is 26.5 Å². The first-order valence-electron chi connectivity index (χ1n) is 5.04. The minimum Gasteiger partial charge on any atom is -0.387 e. The van der Waals surface area contributed by atoms with E-state index in [0.29, 0.717) is 12.6 Å². The van der Waals surface area contributed by atoms with E-state index in [2.05, 4.69) is 18.7 Å². The van der Waals surface area contributed by atoms with Crippen LogP contribution in [0.4, 0.5) is 0 Å². The van der Waals surface area contributed by atoms with Crippen molar-refractivity contribution in [3.63, 3.8) is 0 Å². The average molecular weight is 193 g/mol. The molecule has 1 aromatic rings. The summed E-state index contributed by atoms with van der Waals surface area (Å²) in [7, 11) is 2.02. The van der Waals surface area contributed by atoms with Crippen LogP contribution in [0.3, 0.4) is 0 Å². The third kappa shape index (κ3) is 3.13. The molecule has 0 aliphatic carbocycles. The number of benzene rings is 1. The zero-order chi connectivity index (χ0) is 10.6. The molecule has 0 spiro atoms. The molecule has 0 saturated carbocycles. The molecule has 14 heavy (non-hydrogen) atoms. The summed E-state index contributed by atoms with van der Waals surface area (Å²) in [5.74, 6) is 0. The Balaban J connectivity index is 2.55. The maximum atomic E-state index is 9.90. The topological polar surface area (TPSA) is 23.5 Å². The van der Waals surface area contributed by atoms with Crippen LogP contribution in [0.15, 0.2) is 30.3 Å². The zero-order valence-electron chi connectivity index (χ0n) is 9.14. The molecule has 0 heterocycles. The summed E-state index contributed by atoms with van der Waals surface area (Å²) in [6.45, 7) is 4.93. The van der Waals surface area contributed by atoms with Crippen LogP contribution in [0.25, 0.3) is 0 Å². The van der Waals surface area contributed by atoms with Gasteiger partial charge in [0.1, 0.15) is 0 Å². The molecule has 1 aromatic carbocycles. The van der Waals surface area contributed by atoms with Gasteiger partial charge in [-0.15, -0.1) is 0 Å². The van der Waals surface area contributed by atoms with E-state index in [1.54, 1.807) is 0 Å². The smallest absolute Gasteiger partial charge is 0.0916 e. The van der Waals surface area contributed by atoms with Gasteiger partial charge in [0.25, 0.3) is 0 Å². The van der Waals surface area contributed by atoms with Crippen LogP contribution in [0, 0.1) is 0 Å². The maximum absolute atomic E-state index is 9.90. The van der Waals surface area contributed by atoms with Gasteiger partial charge in [0.2, 0.25) is 0 Å². The van der Waals surface area contributed by atoms with E-state index >= 15 is 0 Å². The second-order valence-corrected chi connectivity index (χ2v) is 3.96. The van der Waals surface area contributed by atoms with Crippen molar-refractivity contribution in [2.24, 2.45) is 0 Å². The molecular weight excluding hydrogens is 174 g/mol. The molecule has 0 aliphatic rings. The van der Waals surface area contributed by atoms with Crippen LogP contribution in [-0.4, -0.2) is 29.6 Å². The molecule has 78 valence electrons. The van der Waals surface area contributed by atoms with E-state index in [1.807, 2.05) is 37.4 Å². The van der Waals surface area contributed by atoms with Crippen molar-refractivity contribution in [3.05, 3.63) is 35.9 Å². The monoisotopic (exact) mass is 193 g/mol. The van der Waals surface area contributed by atoms with Gasteiger partial charge in [-0.1, -0.05) is 30.3 Å². The van der Waals surface area contributed by atoms with E-state index in [0.717, 1.165) is 5.56 Å². The van der Waals surface area contributed by atoms with Crippen LogP contribution in [-0.2, 0) is 0 Å². The highest BCUT2D eigenvalue weighted by atomic mass is 16.3. The summed E-state index contributed by atoms with van der Waals surface area (Å²) in [6, 6.07) is 10.2. The van der Waals surface area contributed by atoms with Crippen LogP contribution >= 0.6 is 0 Å². The molecule has 1 rings (SSSR count). The SMILES string of the molecule is CC(C)N(C)CC(O)c1ccccc1. The number of likely N-dealkylation sites (N-methyl/N-ethyl adjacent to an activating group) is 1. The van der Waals surface area contributed by atoms with Crippen LogP contribution in [0.1, 0.15) is 25.5 Å². The Kier molecular flexibility index (Phi) is 4.11. The summed E-state index contributed by atoms with van der Waals surface area (Å²) in [4.78, 5) is 2.14. The fraction of sp³-hybridized carbons (Fsp3) is 0.500. The Hall–Kier alpha value is -0.860. The van der Waals surface area contributed by atoms with Crippen molar-refractivity contribution in [2.45, 2.75) is 26.0 Å². The molecule has 2 nitrogen and oxygen atoms in total. The van der Waals surface area contributed by atoms with Gasteiger partial charge in [-0.2, -0.15) is 0 Å². The molecule has 0 fully saturated rings. The third-order valence-corrected chi connectivity index (χ3v) is 2.53. The molecular formula is C12H19NO. The molecule has 0 aromatic heterocycles. The highest BCUT2D eigenvalue weighted by Crippen LogP contribution is 2.13. The van der Waals surface area contributed by atoms with Gasteiger partial charge < -0.3 is 10.0 Å². The lowest BCUT2D eigenvalue weighted by Crippen LogP contribution is -2.30. The molecule has 1 N–H and O–H groups in total. The zero-order valence-corrected chi connectivity index (χ0v) is 9.14. The van der Waals surface area contributed by atoms with Gasteiger partial charge in [0, 0.05) is 12.6 Å². The minimum absolute atomic E-state index is 0.386. The first-order chi connectivity index (χ1) is 6.61. The fourth-order valence-electron chi connectivity index (χ4n) is 1.26. The molecule has 0 aliphatic heterocycles. The van der Waals surface area contributed by atoms with E-state index in [1.165, 1.54) is 0 Å². The second-order valence-electron chi connectivity index (χ2n) is 3.96. The molecule has 2 heteroatoms. The largest absolute Gasteiger partial charge is 0.387 e. The lowest BCUT2D eigenvalue weighted by molar-refractivity contribution is 0.112. The Morgan fingerprint density at radius 3 is 2.29 bits per heavy atom. The summed E-state index contributed by atoms with van der Waals surface area (Å²) < 4.78 is 0. The Bertz CT molecular complexity index is 258. The summed E-state index contributed by atoms with van der Waals surface area (Å²) >= 11 is 0. The highest BCUT2D eigenvalue weighted by molar-refractivity contribution is 5.17. The average Bonchev–Trinajstić information content (AvgIpc) is 2.19. The minimum atomic E-state index is -0.386. The van der Waals surface area contributed by atoms with Crippen molar-refractivity contribution >= 4 is 0 Å². The summed E-state index contributed by atoms with van der Waals surface area (Å²) in [5.41, 5.74) is 0.986. The standard InChI is InChI=1S/C12H19NO/c1-10(2)13(3)9-12(14)11-7-5-4-6-8-11/h4-8,10,12,14H,9H2,1-3H3. The predicted molar refractivity (Wildman–Crippen MR) is 59.2 cm³/mol. The van der Waals surface area contributed by atoms with Crippen molar-refractivity contribution in [2.75, 3.05) is 13.6 Å². The molecule has 1 unspecified atom stereocenters. The molecule has 0 amide bonds. The molecule has 0 saturated heterocycles. The van der Waals surface area contributed by atoms with Crippen molar-refractivity contribution < 1.29 is 5.11 Å². The lowest BCUT2D eigenvalue weighted by atomic mass is 10.1. The molecule has 1 atom stereocenters. The van der Waals surface area contributed by atoms with E-state index in [4.69, 9.17) is 0 Å². The number of aliphatic hydroxyl groups is 1. The summed E-state index contributed by atoms with van der Waals surface area (Å²) in [6.07, 6.45) is -0.386. The Labute approximate surface area is 86.2 Å². The van der Waals surface area contributed by atoms with Crippen molar-refractivity contribution in [3.8, 4) is 0 Å². The van der Waals surface area contributed by atoms with Crippen molar-refractivity contribution in [1.82, 2.24) is 4.90 Å². The molecule has 0 radical (unpaired) electrons. The number of hydrogen-bond acceptors (Lipinski definition) is 2. The number of aliphatic hydroxyl groups excluding tert-OH is 1. The first kappa shape index (κ1) is 11.2. The van der Waals surface area contributed by atoms with Gasteiger partial charge in [-0.25, -0.2) is 0 Å². The van der Waals surface area contributed by atoms with E-state index in [9.17, 15) is 5.11 Å². The van der Waals surface area contributed by atoms with Gasteiger partial charge in [0.05, 0.1) is 6.10 Å². The quantitative estimate of drug-likeness (QED) is 0.791. The van der Waals surface area contributed by atoms with E-state index < -0.39 is 0 Å². The van der Waals surface area contributed by atoms with Crippen LogP contribution < -0.4 is 0 Å². The Morgan fingerprint density at radius 2 is 1.79 bits per heavy atom. The van der Waals surface area contributed by atoms with Crippen LogP contribution in [0.2, 0.25) is 0 Å². The van der Waals surface area contributed by atoms with Gasteiger partial charge >= 0.3 is 0 Å². The van der Waals surface area contributed by atoms with Gasteiger partial charge in [0.15, 0.2) is 0 Å². The van der Waals surface area contributed by atoms with Crippen LogP contribution in [0.5, 0.6) is 0 Å². The van der Waals surface area contributed by atoms with Gasteiger partial charge in [-0.3, -0.25) is 0 Å². The Morgan fingerprint density at radius 1 is 1.21 bits per heavy atom. The first-order valence-corrected chi connectivity index (χ1v) is 5.04. The third-order valence-electron chi connectivity index (χ3n) is 2.53. The summed E-state index contributed by atoms with van der Waals surface area (Å²) in [5, 5.41) is 9.90. The fourth-order valence-corrected chi connectivity index (χ4v) is 1.26. The lowest BCUT2D eigenvalue weighted by Gasteiger charge is -2.24. The number of nitrogens with zero attached hydrogens (tertiary/aromatic N) is 1. The van der Waals surface area contributed by atoms with Crippen molar-refractivity contribution in [1.29, 1.82) is 0 Å². The molecule has 0 bridgehead atoms. The number of rotatable bonds is 4. The highest BCUT2D eigenvalue weighted by Gasteiger charge is 2.11. The predicted octanol–water partition coefficient (Wildman–Crippen LogP) is 2.06.